The van der Waals surface area contributed by atoms with Gasteiger partial charge in [-0.3, -0.25) is 0 Å². The van der Waals surface area contributed by atoms with Crippen molar-refractivity contribution < 1.29 is 24.5 Å². The van der Waals surface area contributed by atoms with E-state index in [1.165, 1.54) is 44.5 Å². The zero-order valence-electron chi connectivity index (χ0n) is 15.8. The van der Waals surface area contributed by atoms with Crippen LogP contribution in [-0.2, 0) is 16.0 Å². The summed E-state index contributed by atoms with van der Waals surface area (Å²) in [6, 6.07) is 8.39. The van der Waals surface area contributed by atoms with E-state index >= 15 is 0 Å². The van der Waals surface area contributed by atoms with Gasteiger partial charge in [-0.15, -0.1) is 0 Å². The molecule has 0 saturated carbocycles. The lowest BCUT2D eigenvalue weighted by atomic mass is 10.0. The Morgan fingerprint density at radius 1 is 1.19 bits per heavy atom. The van der Waals surface area contributed by atoms with Crippen molar-refractivity contribution in [3.05, 3.63) is 29.8 Å². The van der Waals surface area contributed by atoms with E-state index in [2.05, 4.69) is 43.0 Å². The predicted octanol–water partition coefficient (Wildman–Crippen LogP) is 3.30. The summed E-state index contributed by atoms with van der Waals surface area (Å²) in [5, 5.41) is 14.8. The van der Waals surface area contributed by atoms with Gasteiger partial charge in [0.2, 0.25) is 0 Å². The second-order valence-corrected chi connectivity index (χ2v) is 6.68. The number of carboxylic acid groups (broad SMARTS) is 2. The second kappa shape index (κ2) is 12.3. The van der Waals surface area contributed by atoms with E-state index in [9.17, 15) is 0 Å². The Bertz CT molecular complexity index is 549. The van der Waals surface area contributed by atoms with Crippen LogP contribution in [0.4, 0.5) is 0 Å². The molecule has 0 bridgehead atoms. The molecular formula is C20H31NO5. The zero-order valence-corrected chi connectivity index (χ0v) is 15.8. The third-order valence-corrected chi connectivity index (χ3v) is 4.40. The van der Waals surface area contributed by atoms with Crippen molar-refractivity contribution in [2.45, 2.75) is 46.0 Å². The minimum atomic E-state index is -1.82. The Kier molecular flexibility index (Phi) is 10.4. The van der Waals surface area contributed by atoms with E-state index in [1.54, 1.807) is 0 Å². The summed E-state index contributed by atoms with van der Waals surface area (Å²) in [5.74, 6) is -1.69. The number of para-hydroxylation sites is 1. The highest BCUT2D eigenvalue weighted by Crippen LogP contribution is 2.19. The number of likely N-dealkylation sites (tertiary alicyclic amines) is 1. The molecule has 6 nitrogen and oxygen atoms in total. The molecule has 2 N–H and O–H groups in total. The highest BCUT2D eigenvalue weighted by molar-refractivity contribution is 6.27. The summed E-state index contributed by atoms with van der Waals surface area (Å²) in [4.78, 5) is 20.8. The molecule has 2 rings (SSSR count). The number of aliphatic carboxylic acids is 2. The normalized spacial score (nSPS) is 17.1. The SMILES string of the molecule is CCc1ccccc1OCCCCN1CCCC(C)C1.O=C(O)C(=O)O. The summed E-state index contributed by atoms with van der Waals surface area (Å²) in [5.41, 5.74) is 1.32. The third kappa shape index (κ3) is 8.85. The van der Waals surface area contributed by atoms with Gasteiger partial charge in [-0.1, -0.05) is 32.0 Å². The molecule has 1 unspecified atom stereocenters. The largest absolute Gasteiger partial charge is 0.493 e. The monoisotopic (exact) mass is 365 g/mol. The summed E-state index contributed by atoms with van der Waals surface area (Å²) >= 11 is 0. The Morgan fingerprint density at radius 2 is 1.88 bits per heavy atom. The number of piperidine rings is 1. The van der Waals surface area contributed by atoms with Gasteiger partial charge in [0.1, 0.15) is 5.75 Å². The maximum Gasteiger partial charge on any atom is 0.414 e. The Labute approximate surface area is 155 Å². The van der Waals surface area contributed by atoms with E-state index in [4.69, 9.17) is 24.5 Å². The average Bonchev–Trinajstić information content (AvgIpc) is 2.62. The van der Waals surface area contributed by atoms with E-state index in [0.717, 1.165) is 31.1 Å². The lowest BCUT2D eigenvalue weighted by Crippen LogP contribution is -2.35. The Morgan fingerprint density at radius 3 is 2.50 bits per heavy atom. The summed E-state index contributed by atoms with van der Waals surface area (Å²) in [6.45, 7) is 9.23. The second-order valence-electron chi connectivity index (χ2n) is 6.68. The number of hydrogen-bond acceptors (Lipinski definition) is 4. The van der Waals surface area contributed by atoms with E-state index < -0.39 is 11.9 Å². The maximum atomic E-state index is 9.10. The van der Waals surface area contributed by atoms with Crippen LogP contribution in [0.25, 0.3) is 0 Å². The molecule has 1 saturated heterocycles. The minimum absolute atomic E-state index is 0.848. The summed E-state index contributed by atoms with van der Waals surface area (Å²) < 4.78 is 5.92. The molecule has 0 amide bonds. The number of carboxylic acids is 2. The standard InChI is InChI=1S/C18H29NO.C2H2O4/c1-3-17-10-4-5-11-18(17)20-14-7-6-12-19-13-8-9-16(2)15-19;3-1(4)2(5)6/h4-5,10-11,16H,3,6-9,12-15H2,1-2H3;(H,3,4)(H,5,6). The van der Waals surface area contributed by atoms with Crippen LogP contribution in [0.5, 0.6) is 5.75 Å². The molecule has 0 radical (unpaired) electrons. The number of nitrogens with zero attached hydrogens (tertiary/aromatic N) is 1. The number of ether oxygens (including phenoxy) is 1. The summed E-state index contributed by atoms with van der Waals surface area (Å²) in [7, 11) is 0. The van der Waals surface area contributed by atoms with Crippen molar-refractivity contribution in [1.29, 1.82) is 0 Å². The fourth-order valence-electron chi connectivity index (χ4n) is 3.05. The first kappa shape index (κ1) is 22.0. The summed E-state index contributed by atoms with van der Waals surface area (Å²) in [6.07, 6.45) is 6.24. The first-order chi connectivity index (χ1) is 12.4. The van der Waals surface area contributed by atoms with Crippen LogP contribution in [-0.4, -0.2) is 53.3 Å². The molecule has 26 heavy (non-hydrogen) atoms. The first-order valence-corrected chi connectivity index (χ1v) is 9.33. The lowest BCUT2D eigenvalue weighted by molar-refractivity contribution is -0.159. The number of rotatable bonds is 7. The van der Waals surface area contributed by atoms with Crippen molar-refractivity contribution in [2.24, 2.45) is 5.92 Å². The molecule has 146 valence electrons. The quantitative estimate of drug-likeness (QED) is 0.569. The van der Waals surface area contributed by atoms with Crippen LogP contribution in [0.1, 0.15) is 45.1 Å². The Hall–Kier alpha value is -2.08. The molecule has 1 aromatic rings. The molecule has 1 heterocycles. The number of benzene rings is 1. The van der Waals surface area contributed by atoms with Crippen LogP contribution < -0.4 is 4.74 Å². The zero-order chi connectivity index (χ0) is 19.4. The van der Waals surface area contributed by atoms with Crippen LogP contribution in [0, 0.1) is 5.92 Å². The predicted molar refractivity (Wildman–Crippen MR) is 101 cm³/mol. The van der Waals surface area contributed by atoms with Crippen molar-refractivity contribution in [1.82, 2.24) is 4.90 Å². The molecule has 1 aromatic carbocycles. The van der Waals surface area contributed by atoms with Gasteiger partial charge >= 0.3 is 11.9 Å². The molecule has 1 atom stereocenters. The van der Waals surface area contributed by atoms with E-state index in [1.807, 2.05) is 0 Å². The topological polar surface area (TPSA) is 87.1 Å². The number of hydrogen-bond donors (Lipinski definition) is 2. The molecule has 1 aliphatic heterocycles. The van der Waals surface area contributed by atoms with Crippen molar-refractivity contribution in [3.8, 4) is 5.75 Å². The van der Waals surface area contributed by atoms with Gasteiger partial charge in [0.25, 0.3) is 0 Å². The van der Waals surface area contributed by atoms with Gasteiger partial charge < -0.3 is 19.8 Å². The van der Waals surface area contributed by atoms with Gasteiger partial charge in [-0.25, -0.2) is 9.59 Å². The highest BCUT2D eigenvalue weighted by atomic mass is 16.5. The molecule has 0 aliphatic carbocycles. The van der Waals surface area contributed by atoms with E-state index in [-0.39, 0.29) is 0 Å². The van der Waals surface area contributed by atoms with Gasteiger partial charge in [0.05, 0.1) is 6.61 Å². The Balaban J connectivity index is 0.000000487. The van der Waals surface area contributed by atoms with Crippen molar-refractivity contribution in [3.63, 3.8) is 0 Å². The van der Waals surface area contributed by atoms with E-state index in [0.29, 0.717) is 0 Å². The van der Waals surface area contributed by atoms with Crippen LogP contribution >= 0.6 is 0 Å². The number of aryl methyl sites for hydroxylation is 1. The number of carbonyl (C=O) groups is 2. The lowest BCUT2D eigenvalue weighted by Gasteiger charge is -2.30. The van der Waals surface area contributed by atoms with Gasteiger partial charge in [0.15, 0.2) is 0 Å². The van der Waals surface area contributed by atoms with Gasteiger partial charge in [0, 0.05) is 6.54 Å². The van der Waals surface area contributed by atoms with Crippen LogP contribution in [0.3, 0.4) is 0 Å². The van der Waals surface area contributed by atoms with Crippen LogP contribution in [0.2, 0.25) is 0 Å². The fourth-order valence-corrected chi connectivity index (χ4v) is 3.05. The van der Waals surface area contributed by atoms with Crippen LogP contribution in [0.15, 0.2) is 24.3 Å². The smallest absolute Gasteiger partial charge is 0.414 e. The third-order valence-electron chi connectivity index (χ3n) is 4.40. The molecule has 1 fully saturated rings. The average molecular weight is 365 g/mol. The fraction of sp³-hybridized carbons (Fsp3) is 0.600. The maximum absolute atomic E-state index is 9.10. The molecule has 0 aromatic heterocycles. The molecule has 6 heteroatoms. The van der Waals surface area contributed by atoms with Crippen molar-refractivity contribution in [2.75, 3.05) is 26.2 Å². The number of unbranched alkanes of at least 4 members (excludes halogenated alkanes) is 1. The highest BCUT2D eigenvalue weighted by Gasteiger charge is 2.15. The molecule has 0 spiro atoms. The first-order valence-electron chi connectivity index (χ1n) is 9.33. The van der Waals surface area contributed by atoms with Gasteiger partial charge in [-0.05, 0) is 62.7 Å². The van der Waals surface area contributed by atoms with Crippen molar-refractivity contribution >= 4 is 11.9 Å². The minimum Gasteiger partial charge on any atom is -0.493 e. The molecular weight excluding hydrogens is 334 g/mol. The molecule has 1 aliphatic rings. The van der Waals surface area contributed by atoms with Gasteiger partial charge in [-0.2, -0.15) is 0 Å².